The Hall–Kier alpha value is -2.73. The molecule has 1 amide bonds. The van der Waals surface area contributed by atoms with Gasteiger partial charge in [0, 0.05) is 18.3 Å². The summed E-state index contributed by atoms with van der Waals surface area (Å²) in [6.45, 7) is 5.87. The standard InChI is InChI=1S/C21H28N2O4/c1-5-26-19-12-9-17(13-20(19)27-6-2)22-21(24)15-23(3)14-16-7-10-18(25-4)11-8-16/h7-13H,5-6,14-15H2,1-4H3,(H,22,24). The van der Waals surface area contributed by atoms with Crippen molar-refractivity contribution in [1.29, 1.82) is 0 Å². The van der Waals surface area contributed by atoms with Crippen LogP contribution in [-0.4, -0.2) is 44.7 Å². The maximum atomic E-state index is 12.3. The fraction of sp³-hybridized carbons (Fsp3) is 0.381. The number of benzene rings is 2. The largest absolute Gasteiger partial charge is 0.497 e. The molecule has 27 heavy (non-hydrogen) atoms. The zero-order chi connectivity index (χ0) is 19.6. The van der Waals surface area contributed by atoms with E-state index in [1.807, 2.05) is 62.2 Å². The molecule has 6 heteroatoms. The quantitative estimate of drug-likeness (QED) is 0.691. The third kappa shape index (κ3) is 6.49. The predicted octanol–water partition coefficient (Wildman–Crippen LogP) is 3.56. The molecular formula is C21H28N2O4. The predicted molar refractivity (Wildman–Crippen MR) is 107 cm³/mol. The molecule has 0 fully saturated rings. The number of rotatable bonds is 10. The molecule has 0 aliphatic rings. The van der Waals surface area contributed by atoms with Crippen LogP contribution in [0.1, 0.15) is 19.4 Å². The van der Waals surface area contributed by atoms with Crippen LogP contribution in [-0.2, 0) is 11.3 Å². The number of ether oxygens (including phenoxy) is 3. The average molecular weight is 372 g/mol. The first-order valence-electron chi connectivity index (χ1n) is 9.06. The van der Waals surface area contributed by atoms with Gasteiger partial charge in [-0.3, -0.25) is 9.69 Å². The number of hydrogen-bond acceptors (Lipinski definition) is 5. The number of methoxy groups -OCH3 is 1. The molecule has 0 radical (unpaired) electrons. The second kappa shape index (κ2) is 10.4. The van der Waals surface area contributed by atoms with Crippen LogP contribution in [0.15, 0.2) is 42.5 Å². The van der Waals surface area contributed by atoms with Crippen molar-refractivity contribution in [2.24, 2.45) is 0 Å². The Balaban J connectivity index is 1.92. The van der Waals surface area contributed by atoms with Crippen molar-refractivity contribution in [3.63, 3.8) is 0 Å². The van der Waals surface area contributed by atoms with E-state index in [2.05, 4.69) is 5.32 Å². The Bertz CT molecular complexity index is 731. The van der Waals surface area contributed by atoms with Crippen molar-refractivity contribution in [2.75, 3.05) is 39.2 Å². The second-order valence-corrected chi connectivity index (χ2v) is 6.10. The van der Waals surface area contributed by atoms with Gasteiger partial charge in [-0.25, -0.2) is 0 Å². The van der Waals surface area contributed by atoms with E-state index in [9.17, 15) is 4.79 Å². The highest BCUT2D eigenvalue weighted by atomic mass is 16.5. The highest BCUT2D eigenvalue weighted by Crippen LogP contribution is 2.30. The molecule has 1 N–H and O–H groups in total. The lowest BCUT2D eigenvalue weighted by Crippen LogP contribution is -2.29. The molecule has 0 saturated carbocycles. The fourth-order valence-electron chi connectivity index (χ4n) is 2.67. The normalized spacial score (nSPS) is 10.6. The van der Waals surface area contributed by atoms with Gasteiger partial charge in [0.25, 0.3) is 0 Å². The van der Waals surface area contributed by atoms with E-state index >= 15 is 0 Å². The number of amides is 1. The summed E-state index contributed by atoms with van der Waals surface area (Å²) >= 11 is 0. The van der Waals surface area contributed by atoms with Gasteiger partial charge in [0.15, 0.2) is 11.5 Å². The van der Waals surface area contributed by atoms with E-state index in [0.717, 1.165) is 11.3 Å². The van der Waals surface area contributed by atoms with Gasteiger partial charge in [0.2, 0.25) is 5.91 Å². The molecule has 6 nitrogen and oxygen atoms in total. The highest BCUT2D eigenvalue weighted by Gasteiger charge is 2.11. The third-order valence-electron chi connectivity index (χ3n) is 3.85. The minimum absolute atomic E-state index is 0.0855. The average Bonchev–Trinajstić information content (AvgIpc) is 2.64. The van der Waals surface area contributed by atoms with Gasteiger partial charge in [0.05, 0.1) is 26.9 Å². The number of nitrogens with one attached hydrogen (secondary N) is 1. The summed E-state index contributed by atoms with van der Waals surface area (Å²) in [7, 11) is 3.55. The second-order valence-electron chi connectivity index (χ2n) is 6.10. The molecule has 0 bridgehead atoms. The molecule has 2 aromatic rings. The lowest BCUT2D eigenvalue weighted by molar-refractivity contribution is -0.117. The Morgan fingerprint density at radius 2 is 1.67 bits per heavy atom. The van der Waals surface area contributed by atoms with Crippen LogP contribution in [0.3, 0.4) is 0 Å². The molecule has 0 atom stereocenters. The summed E-state index contributed by atoms with van der Waals surface area (Å²) < 4.78 is 16.3. The number of likely N-dealkylation sites (N-methyl/N-ethyl adjacent to an activating group) is 1. The minimum atomic E-state index is -0.0855. The van der Waals surface area contributed by atoms with Gasteiger partial charge in [-0.1, -0.05) is 12.1 Å². The smallest absolute Gasteiger partial charge is 0.238 e. The number of carbonyl (C=O) groups is 1. The van der Waals surface area contributed by atoms with Gasteiger partial charge in [-0.05, 0) is 50.7 Å². The first-order chi connectivity index (χ1) is 13.0. The molecule has 0 heterocycles. The van der Waals surface area contributed by atoms with Gasteiger partial charge in [-0.15, -0.1) is 0 Å². The van der Waals surface area contributed by atoms with Crippen molar-refractivity contribution in [3.8, 4) is 17.2 Å². The fourth-order valence-corrected chi connectivity index (χ4v) is 2.67. The van der Waals surface area contributed by atoms with Crippen LogP contribution in [0.4, 0.5) is 5.69 Å². The monoisotopic (exact) mass is 372 g/mol. The lowest BCUT2D eigenvalue weighted by atomic mass is 10.2. The first kappa shape index (κ1) is 20.6. The van der Waals surface area contributed by atoms with Gasteiger partial charge in [-0.2, -0.15) is 0 Å². The summed E-state index contributed by atoms with van der Waals surface area (Å²) in [5.74, 6) is 2.04. The summed E-state index contributed by atoms with van der Waals surface area (Å²) in [6.07, 6.45) is 0. The summed E-state index contributed by atoms with van der Waals surface area (Å²) in [6, 6.07) is 13.2. The van der Waals surface area contributed by atoms with Crippen LogP contribution < -0.4 is 19.5 Å². The van der Waals surface area contributed by atoms with Crippen molar-refractivity contribution in [3.05, 3.63) is 48.0 Å². The number of hydrogen-bond donors (Lipinski definition) is 1. The minimum Gasteiger partial charge on any atom is -0.497 e. The molecule has 0 unspecified atom stereocenters. The highest BCUT2D eigenvalue weighted by molar-refractivity contribution is 5.92. The molecule has 2 aromatic carbocycles. The van der Waals surface area contributed by atoms with Crippen molar-refractivity contribution in [1.82, 2.24) is 4.90 Å². The Morgan fingerprint density at radius 3 is 2.30 bits per heavy atom. The Morgan fingerprint density at radius 1 is 1.00 bits per heavy atom. The molecule has 2 rings (SSSR count). The molecule has 0 saturated heterocycles. The number of carbonyl (C=O) groups excluding carboxylic acids is 1. The van der Waals surface area contributed by atoms with E-state index in [1.54, 1.807) is 13.2 Å². The number of nitrogens with zero attached hydrogens (tertiary/aromatic N) is 1. The Kier molecular flexibility index (Phi) is 7.95. The summed E-state index contributed by atoms with van der Waals surface area (Å²) in [5.41, 5.74) is 1.80. The van der Waals surface area contributed by atoms with E-state index < -0.39 is 0 Å². The van der Waals surface area contributed by atoms with Crippen LogP contribution in [0, 0.1) is 0 Å². The SMILES string of the molecule is CCOc1ccc(NC(=O)CN(C)Cc2ccc(OC)cc2)cc1OCC. The topological polar surface area (TPSA) is 60.0 Å². The van der Waals surface area contributed by atoms with Crippen LogP contribution >= 0.6 is 0 Å². The van der Waals surface area contributed by atoms with E-state index in [0.29, 0.717) is 36.9 Å². The molecule has 0 aromatic heterocycles. The van der Waals surface area contributed by atoms with Crippen molar-refractivity contribution in [2.45, 2.75) is 20.4 Å². The zero-order valence-electron chi connectivity index (χ0n) is 16.5. The van der Waals surface area contributed by atoms with Crippen LogP contribution in [0.5, 0.6) is 17.2 Å². The van der Waals surface area contributed by atoms with Crippen molar-refractivity contribution >= 4 is 11.6 Å². The van der Waals surface area contributed by atoms with E-state index in [4.69, 9.17) is 14.2 Å². The van der Waals surface area contributed by atoms with Gasteiger partial charge in [0.1, 0.15) is 5.75 Å². The molecule has 0 aliphatic heterocycles. The van der Waals surface area contributed by atoms with Gasteiger partial charge < -0.3 is 19.5 Å². The molecular weight excluding hydrogens is 344 g/mol. The summed E-state index contributed by atoms with van der Waals surface area (Å²) in [4.78, 5) is 14.3. The van der Waals surface area contributed by atoms with Crippen LogP contribution in [0.25, 0.3) is 0 Å². The molecule has 0 spiro atoms. The maximum absolute atomic E-state index is 12.3. The van der Waals surface area contributed by atoms with Gasteiger partial charge >= 0.3 is 0 Å². The maximum Gasteiger partial charge on any atom is 0.238 e. The van der Waals surface area contributed by atoms with Crippen molar-refractivity contribution < 1.29 is 19.0 Å². The Labute approximate surface area is 161 Å². The first-order valence-corrected chi connectivity index (χ1v) is 9.06. The lowest BCUT2D eigenvalue weighted by Gasteiger charge is -2.17. The van der Waals surface area contributed by atoms with Crippen LogP contribution in [0.2, 0.25) is 0 Å². The molecule has 146 valence electrons. The zero-order valence-corrected chi connectivity index (χ0v) is 16.5. The van der Waals surface area contributed by atoms with E-state index in [-0.39, 0.29) is 12.5 Å². The third-order valence-corrected chi connectivity index (χ3v) is 3.85. The van der Waals surface area contributed by atoms with E-state index in [1.165, 1.54) is 0 Å². The molecule has 0 aliphatic carbocycles. The number of anilines is 1. The summed E-state index contributed by atoms with van der Waals surface area (Å²) in [5, 5.41) is 2.91.